The van der Waals surface area contributed by atoms with Crippen molar-refractivity contribution in [2.45, 2.75) is 45.6 Å². The summed E-state index contributed by atoms with van der Waals surface area (Å²) in [5.41, 5.74) is 2.48. The summed E-state index contributed by atoms with van der Waals surface area (Å²) < 4.78 is 5.55. The number of carbonyl (C=O) groups excluding carboxylic acids is 1. The number of benzene rings is 1. The van der Waals surface area contributed by atoms with E-state index in [1.54, 1.807) is 0 Å². The molecule has 0 aromatic heterocycles. The first-order valence-electron chi connectivity index (χ1n) is 6.57. The van der Waals surface area contributed by atoms with E-state index < -0.39 is 5.60 Å². The van der Waals surface area contributed by atoms with E-state index in [1.165, 1.54) is 5.56 Å². The summed E-state index contributed by atoms with van der Waals surface area (Å²) in [6, 6.07) is 8.16. The second-order valence-corrected chi connectivity index (χ2v) is 5.14. The first-order chi connectivity index (χ1) is 8.55. The fraction of sp³-hybridized carbons (Fsp3) is 0.438. The van der Waals surface area contributed by atoms with Crippen LogP contribution in [0, 0.1) is 6.92 Å². The van der Waals surface area contributed by atoms with Gasteiger partial charge in [0.2, 0.25) is 0 Å². The van der Waals surface area contributed by atoms with Crippen LogP contribution in [0.5, 0.6) is 0 Å². The van der Waals surface area contributed by atoms with Crippen molar-refractivity contribution >= 4 is 5.97 Å². The maximum Gasteiger partial charge on any atom is 0.335 e. The highest BCUT2D eigenvalue weighted by Crippen LogP contribution is 2.35. The van der Waals surface area contributed by atoms with Gasteiger partial charge in [-0.2, -0.15) is 0 Å². The lowest BCUT2D eigenvalue weighted by Crippen LogP contribution is -2.20. The summed E-state index contributed by atoms with van der Waals surface area (Å²) in [7, 11) is 0. The molecule has 0 unspecified atom stereocenters. The minimum absolute atomic E-state index is 0.161. The molecular weight excluding hydrogens is 224 g/mol. The van der Waals surface area contributed by atoms with Crippen molar-refractivity contribution in [2.75, 3.05) is 0 Å². The van der Waals surface area contributed by atoms with E-state index in [-0.39, 0.29) is 5.97 Å². The summed E-state index contributed by atoms with van der Waals surface area (Å²) >= 11 is 0. The van der Waals surface area contributed by atoms with Crippen LogP contribution in [0.15, 0.2) is 35.9 Å². The number of rotatable bonds is 4. The molecule has 0 saturated heterocycles. The first-order valence-corrected chi connectivity index (χ1v) is 6.57. The fourth-order valence-electron chi connectivity index (χ4n) is 2.25. The van der Waals surface area contributed by atoms with Gasteiger partial charge in [0.15, 0.2) is 5.60 Å². The van der Waals surface area contributed by atoms with Gasteiger partial charge in [0, 0.05) is 5.57 Å². The highest BCUT2D eigenvalue weighted by Gasteiger charge is 2.36. The number of unbranched alkanes of at least 4 members (excludes halogenated alkanes) is 1. The zero-order chi connectivity index (χ0) is 13.2. The van der Waals surface area contributed by atoms with Crippen molar-refractivity contribution in [1.29, 1.82) is 0 Å². The Hall–Kier alpha value is -1.57. The molecule has 1 heterocycles. The molecule has 1 aromatic carbocycles. The van der Waals surface area contributed by atoms with Crippen LogP contribution in [-0.4, -0.2) is 5.97 Å². The molecule has 1 aliphatic heterocycles. The average Bonchev–Trinajstić information content (AvgIpc) is 2.63. The number of aryl methyl sites for hydroxylation is 1. The van der Waals surface area contributed by atoms with Crippen molar-refractivity contribution in [3.8, 4) is 0 Å². The Labute approximate surface area is 109 Å². The minimum Gasteiger partial charge on any atom is -0.447 e. The molecular formula is C16H20O2. The Morgan fingerprint density at radius 2 is 1.89 bits per heavy atom. The van der Waals surface area contributed by atoms with E-state index in [1.807, 2.05) is 37.3 Å². The van der Waals surface area contributed by atoms with Crippen LogP contribution < -0.4 is 0 Å². The maximum atomic E-state index is 11.8. The van der Waals surface area contributed by atoms with Gasteiger partial charge < -0.3 is 4.74 Å². The predicted molar refractivity (Wildman–Crippen MR) is 72.2 cm³/mol. The highest BCUT2D eigenvalue weighted by atomic mass is 16.6. The van der Waals surface area contributed by atoms with Gasteiger partial charge in [-0.1, -0.05) is 43.2 Å². The quantitative estimate of drug-likeness (QED) is 0.751. The number of ether oxygens (including phenoxy) is 1. The largest absolute Gasteiger partial charge is 0.447 e. The van der Waals surface area contributed by atoms with E-state index in [4.69, 9.17) is 4.74 Å². The lowest BCUT2D eigenvalue weighted by molar-refractivity contribution is -0.146. The van der Waals surface area contributed by atoms with Gasteiger partial charge in [0.1, 0.15) is 0 Å². The Kier molecular flexibility index (Phi) is 3.55. The molecule has 96 valence electrons. The summed E-state index contributed by atoms with van der Waals surface area (Å²) in [5.74, 6) is -0.161. The van der Waals surface area contributed by atoms with Gasteiger partial charge in [-0.3, -0.25) is 0 Å². The number of hydrogen-bond donors (Lipinski definition) is 0. The Morgan fingerprint density at radius 3 is 2.50 bits per heavy atom. The smallest absolute Gasteiger partial charge is 0.335 e. The molecule has 2 nitrogen and oxygen atoms in total. The SMILES string of the molecule is CCCCC1=C[C@](C)(c2ccc(C)cc2)OC1=O. The Balaban J connectivity index is 2.24. The van der Waals surface area contributed by atoms with Crippen LogP contribution in [0.25, 0.3) is 0 Å². The van der Waals surface area contributed by atoms with E-state index >= 15 is 0 Å². The molecule has 0 radical (unpaired) electrons. The normalized spacial score (nSPS) is 22.8. The Morgan fingerprint density at radius 1 is 1.22 bits per heavy atom. The van der Waals surface area contributed by atoms with Crippen LogP contribution in [0.3, 0.4) is 0 Å². The monoisotopic (exact) mass is 244 g/mol. The van der Waals surface area contributed by atoms with Crippen molar-refractivity contribution in [1.82, 2.24) is 0 Å². The molecule has 1 atom stereocenters. The molecule has 18 heavy (non-hydrogen) atoms. The molecule has 2 heteroatoms. The summed E-state index contributed by atoms with van der Waals surface area (Å²) in [5, 5.41) is 0. The maximum absolute atomic E-state index is 11.8. The summed E-state index contributed by atoms with van der Waals surface area (Å²) in [6.07, 6.45) is 4.92. The van der Waals surface area contributed by atoms with Crippen LogP contribution >= 0.6 is 0 Å². The molecule has 0 N–H and O–H groups in total. The van der Waals surface area contributed by atoms with Gasteiger partial charge in [0.05, 0.1) is 0 Å². The zero-order valence-electron chi connectivity index (χ0n) is 11.3. The van der Waals surface area contributed by atoms with Crippen molar-refractivity contribution in [3.63, 3.8) is 0 Å². The van der Waals surface area contributed by atoms with Crippen molar-refractivity contribution in [2.24, 2.45) is 0 Å². The number of cyclic esters (lactones) is 1. The Bertz CT molecular complexity index is 470. The number of carbonyl (C=O) groups is 1. The second-order valence-electron chi connectivity index (χ2n) is 5.14. The van der Waals surface area contributed by atoms with Crippen LogP contribution in [0.2, 0.25) is 0 Å². The van der Waals surface area contributed by atoms with Crippen LogP contribution in [0.4, 0.5) is 0 Å². The molecule has 1 aliphatic rings. The molecule has 2 rings (SSSR count). The third-order valence-electron chi connectivity index (χ3n) is 3.44. The first kappa shape index (κ1) is 12.9. The lowest BCUT2D eigenvalue weighted by Gasteiger charge is -2.21. The molecule has 0 bridgehead atoms. The predicted octanol–water partition coefficient (Wildman–Crippen LogP) is 3.88. The van der Waals surface area contributed by atoms with E-state index in [0.717, 1.165) is 30.4 Å². The zero-order valence-corrected chi connectivity index (χ0v) is 11.3. The lowest BCUT2D eigenvalue weighted by atomic mass is 9.93. The molecule has 0 spiro atoms. The molecule has 0 saturated carbocycles. The van der Waals surface area contributed by atoms with Gasteiger partial charge in [0.25, 0.3) is 0 Å². The van der Waals surface area contributed by atoms with Gasteiger partial charge in [-0.15, -0.1) is 0 Å². The third-order valence-corrected chi connectivity index (χ3v) is 3.44. The fourth-order valence-corrected chi connectivity index (χ4v) is 2.25. The molecule has 1 aromatic rings. The van der Waals surface area contributed by atoms with Gasteiger partial charge in [-0.25, -0.2) is 4.79 Å². The number of hydrogen-bond acceptors (Lipinski definition) is 2. The minimum atomic E-state index is -0.589. The van der Waals surface area contributed by atoms with E-state index in [0.29, 0.717) is 0 Å². The van der Waals surface area contributed by atoms with Crippen molar-refractivity contribution < 1.29 is 9.53 Å². The summed E-state index contributed by atoms with van der Waals surface area (Å²) in [4.78, 5) is 11.8. The highest BCUT2D eigenvalue weighted by molar-refractivity contribution is 5.91. The molecule has 0 aliphatic carbocycles. The van der Waals surface area contributed by atoms with Crippen LogP contribution in [0.1, 0.15) is 44.2 Å². The van der Waals surface area contributed by atoms with Gasteiger partial charge >= 0.3 is 5.97 Å². The summed E-state index contributed by atoms with van der Waals surface area (Å²) in [6.45, 7) is 6.13. The topological polar surface area (TPSA) is 26.3 Å². The standard InChI is InChI=1S/C16H20O2/c1-4-5-6-13-11-16(3,18-15(13)17)14-9-7-12(2)8-10-14/h7-11H,4-6H2,1-3H3/t16-/m1/s1. The molecule has 0 amide bonds. The van der Waals surface area contributed by atoms with E-state index in [2.05, 4.69) is 13.8 Å². The third kappa shape index (κ3) is 2.47. The number of esters is 1. The van der Waals surface area contributed by atoms with E-state index in [9.17, 15) is 4.79 Å². The second kappa shape index (κ2) is 4.97. The average molecular weight is 244 g/mol. The molecule has 0 fully saturated rings. The van der Waals surface area contributed by atoms with Crippen LogP contribution in [-0.2, 0) is 15.1 Å². The van der Waals surface area contributed by atoms with Gasteiger partial charge in [-0.05, 0) is 38.3 Å². The van der Waals surface area contributed by atoms with Crippen molar-refractivity contribution in [3.05, 3.63) is 47.0 Å².